The van der Waals surface area contributed by atoms with E-state index in [0.717, 1.165) is 50.3 Å². The van der Waals surface area contributed by atoms with Crippen LogP contribution in [0.15, 0.2) is 18.2 Å². The van der Waals surface area contributed by atoms with Crippen molar-refractivity contribution in [3.63, 3.8) is 0 Å². The summed E-state index contributed by atoms with van der Waals surface area (Å²) in [5, 5.41) is 24.3. The smallest absolute Gasteiger partial charge is 0.200 e. The van der Waals surface area contributed by atoms with Gasteiger partial charge in [0, 0.05) is 38.4 Å². The third kappa shape index (κ3) is 5.13. The lowest BCUT2D eigenvalue weighted by atomic mass is 9.79. The van der Waals surface area contributed by atoms with Crippen molar-refractivity contribution in [3.05, 3.63) is 46.0 Å². The summed E-state index contributed by atoms with van der Waals surface area (Å²) in [6.07, 6.45) is 1.77. The molecule has 2 aromatic carbocycles. The molecule has 1 aliphatic heterocycles. The van der Waals surface area contributed by atoms with Gasteiger partial charge in [-0.3, -0.25) is 9.59 Å². The van der Waals surface area contributed by atoms with Crippen molar-refractivity contribution in [3.8, 4) is 11.5 Å². The first kappa shape index (κ1) is 26.5. The summed E-state index contributed by atoms with van der Waals surface area (Å²) in [6, 6.07) is 4.51. The van der Waals surface area contributed by atoms with Gasteiger partial charge in [0.1, 0.15) is 11.5 Å². The van der Waals surface area contributed by atoms with E-state index in [4.69, 9.17) is 0 Å². The first-order chi connectivity index (χ1) is 16.7. The first-order valence-electron chi connectivity index (χ1n) is 12.3. The van der Waals surface area contributed by atoms with Gasteiger partial charge in [-0.25, -0.2) is 0 Å². The lowest BCUT2D eigenvalue weighted by molar-refractivity contribution is 0.0975. The Bertz CT molecular complexity index is 1110. The fraction of sp³-hybridized carbons (Fsp3) is 0.481. The highest BCUT2D eigenvalue weighted by atomic mass is 16.3. The van der Waals surface area contributed by atoms with Gasteiger partial charge >= 0.3 is 0 Å². The third-order valence-electron chi connectivity index (χ3n) is 6.33. The number of hydrogen-bond donors (Lipinski definition) is 3. The van der Waals surface area contributed by atoms with Crippen molar-refractivity contribution in [1.29, 1.82) is 0 Å². The number of anilines is 2. The number of hydrogen-bond acceptors (Lipinski definition) is 8. The zero-order valence-electron chi connectivity index (χ0n) is 21.7. The quantitative estimate of drug-likeness (QED) is 0.442. The predicted octanol–water partition coefficient (Wildman–Crippen LogP) is 3.19. The number of nitrogens with one attached hydrogen (secondary N) is 1. The van der Waals surface area contributed by atoms with Crippen LogP contribution in [0.1, 0.15) is 57.7 Å². The molecule has 35 heavy (non-hydrogen) atoms. The maximum Gasteiger partial charge on any atom is 0.200 e. The van der Waals surface area contributed by atoms with Crippen molar-refractivity contribution < 1.29 is 19.8 Å². The molecular formula is C27H38N4O4. The van der Waals surface area contributed by atoms with Crippen LogP contribution in [-0.2, 0) is 6.42 Å². The Balaban J connectivity index is 0.00000167. The average molecular weight is 483 g/mol. The fourth-order valence-corrected chi connectivity index (χ4v) is 4.70. The normalized spacial score (nSPS) is 14.3. The minimum Gasteiger partial charge on any atom is -0.507 e. The van der Waals surface area contributed by atoms with Crippen molar-refractivity contribution >= 4 is 22.9 Å². The standard InChI is InChI=1S/C25H32N4O4.C2H6/c1-27(2)11-9-26-16-14-15-6-5-10-29(13-12-28(3)4)23(15)22-19(16)24(32)20-17(30)7-8-18(31)21(20)25(22)33;1-2/h7-8,14,26,30-31H,5-6,9-13H2,1-4H3;1-2H3. The summed E-state index contributed by atoms with van der Waals surface area (Å²) in [4.78, 5) is 33.8. The number of carbonyl (C=O) groups excluding carboxylic acids is 2. The number of benzene rings is 2. The monoisotopic (exact) mass is 482 g/mol. The Morgan fingerprint density at radius 1 is 0.886 bits per heavy atom. The molecule has 0 atom stereocenters. The van der Waals surface area contributed by atoms with Crippen molar-refractivity contribution in [2.75, 3.05) is 71.1 Å². The minimum atomic E-state index is -0.443. The van der Waals surface area contributed by atoms with Crippen molar-refractivity contribution in [1.82, 2.24) is 9.80 Å². The van der Waals surface area contributed by atoms with E-state index in [1.165, 1.54) is 12.1 Å². The van der Waals surface area contributed by atoms with E-state index in [1.807, 2.05) is 53.0 Å². The molecular weight excluding hydrogens is 444 g/mol. The lowest BCUT2D eigenvalue weighted by Gasteiger charge is -2.36. The predicted molar refractivity (Wildman–Crippen MR) is 141 cm³/mol. The zero-order valence-corrected chi connectivity index (χ0v) is 21.7. The Hall–Kier alpha value is -3.10. The maximum absolute atomic E-state index is 13.8. The molecule has 1 aliphatic carbocycles. The van der Waals surface area contributed by atoms with Gasteiger partial charge in [0.15, 0.2) is 0 Å². The molecule has 4 rings (SSSR count). The van der Waals surface area contributed by atoms with Crippen LogP contribution >= 0.6 is 0 Å². The number of aryl methyl sites for hydroxylation is 1. The molecule has 8 heteroatoms. The second kappa shape index (κ2) is 11.1. The van der Waals surface area contributed by atoms with E-state index < -0.39 is 11.6 Å². The number of phenols is 2. The van der Waals surface area contributed by atoms with Gasteiger partial charge < -0.3 is 30.2 Å². The molecule has 1 heterocycles. The van der Waals surface area contributed by atoms with E-state index in [0.29, 0.717) is 17.8 Å². The summed E-state index contributed by atoms with van der Waals surface area (Å²) in [7, 11) is 7.95. The molecule has 0 saturated heterocycles. The summed E-state index contributed by atoms with van der Waals surface area (Å²) in [6.45, 7) is 7.68. The number of carbonyl (C=O) groups is 2. The highest BCUT2D eigenvalue weighted by molar-refractivity contribution is 6.33. The fourth-order valence-electron chi connectivity index (χ4n) is 4.70. The number of aromatic hydroxyl groups is 2. The van der Waals surface area contributed by atoms with Crippen LogP contribution in [0, 0.1) is 0 Å². The van der Waals surface area contributed by atoms with E-state index in [2.05, 4.69) is 15.1 Å². The van der Waals surface area contributed by atoms with Crippen LogP contribution in [0.2, 0.25) is 0 Å². The van der Waals surface area contributed by atoms with E-state index in [9.17, 15) is 19.8 Å². The molecule has 0 amide bonds. The number of rotatable bonds is 7. The third-order valence-corrected chi connectivity index (χ3v) is 6.33. The second-order valence-electron chi connectivity index (χ2n) is 9.32. The van der Waals surface area contributed by atoms with Crippen LogP contribution in [-0.4, -0.2) is 92.5 Å². The SMILES string of the molecule is CC.CN(C)CCNc1cc2c(c3c1C(=O)c1c(O)ccc(O)c1C3=O)N(CCN(C)C)CCC2. The molecule has 0 radical (unpaired) electrons. The summed E-state index contributed by atoms with van der Waals surface area (Å²) in [5.41, 5.74) is 2.78. The van der Waals surface area contributed by atoms with Gasteiger partial charge in [-0.15, -0.1) is 0 Å². The van der Waals surface area contributed by atoms with Gasteiger partial charge in [-0.2, -0.15) is 0 Å². The summed E-state index contributed by atoms with van der Waals surface area (Å²) in [5.74, 6) is -1.45. The van der Waals surface area contributed by atoms with Crippen LogP contribution in [0.5, 0.6) is 11.5 Å². The average Bonchev–Trinajstić information content (AvgIpc) is 2.82. The van der Waals surface area contributed by atoms with Gasteiger partial charge in [-0.1, -0.05) is 13.8 Å². The molecule has 190 valence electrons. The molecule has 0 spiro atoms. The second-order valence-corrected chi connectivity index (χ2v) is 9.32. The van der Waals surface area contributed by atoms with Crippen LogP contribution < -0.4 is 10.2 Å². The van der Waals surface area contributed by atoms with E-state index >= 15 is 0 Å². The number of likely N-dealkylation sites (N-methyl/N-ethyl adjacent to an activating group) is 2. The largest absolute Gasteiger partial charge is 0.507 e. The van der Waals surface area contributed by atoms with E-state index in [1.54, 1.807) is 0 Å². The maximum atomic E-state index is 13.8. The molecule has 0 unspecified atom stereocenters. The number of nitrogens with zero attached hydrogens (tertiary/aromatic N) is 3. The molecule has 3 N–H and O–H groups in total. The van der Waals surface area contributed by atoms with E-state index in [-0.39, 0.29) is 28.2 Å². The molecule has 0 aromatic heterocycles. The van der Waals surface area contributed by atoms with Gasteiger partial charge in [0.05, 0.1) is 27.9 Å². The first-order valence-corrected chi connectivity index (χ1v) is 12.3. The Kier molecular flexibility index (Phi) is 8.40. The molecule has 0 bridgehead atoms. The Morgan fingerprint density at radius 3 is 2.03 bits per heavy atom. The highest BCUT2D eigenvalue weighted by Crippen LogP contribution is 2.45. The number of phenolic OH excluding ortho intramolecular Hbond substituents is 2. The molecule has 8 nitrogen and oxygen atoms in total. The molecule has 2 aromatic rings. The summed E-state index contributed by atoms with van der Waals surface area (Å²) < 4.78 is 0. The number of fused-ring (bicyclic) bond motifs is 4. The molecule has 0 fully saturated rings. The zero-order chi connectivity index (χ0) is 25.9. The van der Waals surface area contributed by atoms with Crippen molar-refractivity contribution in [2.45, 2.75) is 26.7 Å². The lowest BCUT2D eigenvalue weighted by Crippen LogP contribution is -2.38. The number of ketones is 2. The van der Waals surface area contributed by atoms with Crippen LogP contribution in [0.3, 0.4) is 0 Å². The van der Waals surface area contributed by atoms with Gasteiger partial charge in [-0.05, 0) is 64.8 Å². The Morgan fingerprint density at radius 2 is 1.46 bits per heavy atom. The van der Waals surface area contributed by atoms with Crippen molar-refractivity contribution in [2.24, 2.45) is 0 Å². The molecule has 2 aliphatic rings. The van der Waals surface area contributed by atoms with Gasteiger partial charge in [0.25, 0.3) is 0 Å². The minimum absolute atomic E-state index is 0.113. The molecule has 0 saturated carbocycles. The van der Waals surface area contributed by atoms with Gasteiger partial charge in [0.2, 0.25) is 11.6 Å². The highest BCUT2D eigenvalue weighted by Gasteiger charge is 2.40. The Labute approximate surface area is 208 Å². The summed E-state index contributed by atoms with van der Waals surface area (Å²) >= 11 is 0. The van der Waals surface area contributed by atoms with Crippen LogP contribution in [0.25, 0.3) is 0 Å². The topological polar surface area (TPSA) is 96.3 Å². The van der Waals surface area contributed by atoms with Crippen LogP contribution in [0.4, 0.5) is 11.4 Å².